The Morgan fingerprint density at radius 3 is 2.77 bits per heavy atom. The van der Waals surface area contributed by atoms with Crippen LogP contribution in [0.15, 0.2) is 24.4 Å². The third-order valence-electron chi connectivity index (χ3n) is 3.32. The smallest absolute Gasteiger partial charge is 0.325 e. The van der Waals surface area contributed by atoms with Gasteiger partial charge in [-0.05, 0) is 18.1 Å². The van der Waals surface area contributed by atoms with E-state index in [-0.39, 0.29) is 19.0 Å². The van der Waals surface area contributed by atoms with Gasteiger partial charge in [-0.1, -0.05) is 19.1 Å². The van der Waals surface area contributed by atoms with E-state index in [1.807, 2.05) is 13.8 Å². The molecule has 140 valence electrons. The summed E-state index contributed by atoms with van der Waals surface area (Å²) < 4.78 is 12.1. The van der Waals surface area contributed by atoms with Crippen LogP contribution < -0.4 is 14.8 Å². The van der Waals surface area contributed by atoms with E-state index in [1.54, 1.807) is 25.3 Å². The van der Waals surface area contributed by atoms with Crippen LogP contribution in [0.25, 0.3) is 0 Å². The van der Waals surface area contributed by atoms with Gasteiger partial charge in [0.2, 0.25) is 0 Å². The molecule has 0 aliphatic heterocycles. The number of aromatic nitrogens is 3. The number of benzene rings is 1. The van der Waals surface area contributed by atoms with Gasteiger partial charge in [0.15, 0.2) is 0 Å². The summed E-state index contributed by atoms with van der Waals surface area (Å²) in [5.74, 6) is -0.0155. The highest BCUT2D eigenvalue weighted by Crippen LogP contribution is 2.25. The quantitative estimate of drug-likeness (QED) is 0.691. The van der Waals surface area contributed by atoms with Gasteiger partial charge in [0.1, 0.15) is 23.7 Å². The highest BCUT2D eigenvalue weighted by Gasteiger charge is 2.15. The lowest BCUT2D eigenvalue weighted by atomic mass is 10.1. The van der Waals surface area contributed by atoms with Crippen molar-refractivity contribution < 1.29 is 24.2 Å². The minimum atomic E-state index is -1.02. The zero-order valence-corrected chi connectivity index (χ0v) is 14.9. The van der Waals surface area contributed by atoms with Crippen molar-refractivity contribution in [1.82, 2.24) is 20.3 Å². The monoisotopic (exact) mass is 362 g/mol. The lowest BCUT2D eigenvalue weighted by Gasteiger charge is -2.14. The lowest BCUT2D eigenvalue weighted by Crippen LogP contribution is -2.24. The Kier molecular flexibility index (Phi) is 6.54. The molecule has 1 heterocycles. The van der Waals surface area contributed by atoms with Crippen LogP contribution in [0.5, 0.6) is 11.5 Å². The van der Waals surface area contributed by atoms with Gasteiger partial charge in [0.05, 0.1) is 32.0 Å². The molecule has 0 aliphatic rings. The summed E-state index contributed by atoms with van der Waals surface area (Å²) >= 11 is 0. The van der Waals surface area contributed by atoms with E-state index < -0.39 is 5.97 Å². The zero-order chi connectivity index (χ0) is 19.1. The summed E-state index contributed by atoms with van der Waals surface area (Å²) in [6, 6.07) is 4.98. The minimum absolute atomic E-state index is 0.119. The van der Waals surface area contributed by atoms with Crippen LogP contribution in [0.4, 0.5) is 0 Å². The van der Waals surface area contributed by atoms with Crippen LogP contribution >= 0.6 is 0 Å². The molecule has 1 amide bonds. The van der Waals surface area contributed by atoms with Crippen LogP contribution in [0, 0.1) is 5.92 Å². The van der Waals surface area contributed by atoms with Crippen LogP contribution in [0.2, 0.25) is 0 Å². The fourth-order valence-electron chi connectivity index (χ4n) is 2.09. The van der Waals surface area contributed by atoms with Crippen molar-refractivity contribution in [3.05, 3.63) is 35.7 Å². The van der Waals surface area contributed by atoms with Crippen molar-refractivity contribution in [3.63, 3.8) is 0 Å². The maximum Gasteiger partial charge on any atom is 0.325 e. The van der Waals surface area contributed by atoms with Crippen molar-refractivity contribution >= 4 is 11.9 Å². The average molecular weight is 362 g/mol. The SMILES string of the molecule is COc1ccc(C(=O)NCc2cn(CC(=O)O)nn2)c(OCC(C)C)c1. The Bertz CT molecular complexity index is 772. The Balaban J connectivity index is 2.05. The topological polar surface area (TPSA) is 116 Å². The number of aliphatic carboxylic acids is 1. The third-order valence-corrected chi connectivity index (χ3v) is 3.32. The first kappa shape index (κ1) is 19.2. The molecule has 2 N–H and O–H groups in total. The van der Waals surface area contributed by atoms with Gasteiger partial charge in [-0.25, -0.2) is 4.68 Å². The van der Waals surface area contributed by atoms with Crippen molar-refractivity contribution in [2.24, 2.45) is 5.92 Å². The van der Waals surface area contributed by atoms with Gasteiger partial charge < -0.3 is 19.9 Å². The summed E-state index contributed by atoms with van der Waals surface area (Å²) in [6.07, 6.45) is 1.47. The first-order chi connectivity index (χ1) is 12.4. The summed E-state index contributed by atoms with van der Waals surface area (Å²) in [4.78, 5) is 23.1. The predicted molar refractivity (Wildman–Crippen MR) is 92.2 cm³/mol. The van der Waals surface area contributed by atoms with E-state index in [4.69, 9.17) is 14.6 Å². The molecule has 0 saturated carbocycles. The molecule has 2 rings (SSSR count). The van der Waals surface area contributed by atoms with Crippen molar-refractivity contribution in [1.29, 1.82) is 0 Å². The van der Waals surface area contributed by atoms with E-state index in [0.717, 1.165) is 0 Å². The molecule has 0 spiro atoms. The lowest BCUT2D eigenvalue weighted by molar-refractivity contribution is -0.137. The number of ether oxygens (including phenoxy) is 2. The third kappa shape index (κ3) is 5.47. The number of amides is 1. The molecule has 0 unspecified atom stereocenters. The van der Waals surface area contributed by atoms with Crippen LogP contribution in [0.1, 0.15) is 29.9 Å². The van der Waals surface area contributed by atoms with Crippen molar-refractivity contribution in [3.8, 4) is 11.5 Å². The number of carbonyl (C=O) groups excluding carboxylic acids is 1. The maximum atomic E-state index is 12.5. The molecule has 26 heavy (non-hydrogen) atoms. The van der Waals surface area contributed by atoms with Crippen molar-refractivity contribution in [2.45, 2.75) is 26.9 Å². The number of nitrogens with zero attached hydrogens (tertiary/aromatic N) is 3. The van der Waals surface area contributed by atoms with E-state index >= 15 is 0 Å². The molecule has 0 saturated heterocycles. The summed E-state index contributed by atoms with van der Waals surface area (Å²) in [6.45, 7) is 4.33. The van der Waals surface area contributed by atoms with Gasteiger partial charge in [-0.15, -0.1) is 5.10 Å². The fourth-order valence-corrected chi connectivity index (χ4v) is 2.09. The average Bonchev–Trinajstić information content (AvgIpc) is 3.04. The van der Waals surface area contributed by atoms with Gasteiger partial charge in [-0.3, -0.25) is 9.59 Å². The molecule has 1 aromatic carbocycles. The van der Waals surface area contributed by atoms with E-state index in [9.17, 15) is 9.59 Å². The zero-order valence-electron chi connectivity index (χ0n) is 14.9. The minimum Gasteiger partial charge on any atom is -0.497 e. The van der Waals surface area contributed by atoms with Crippen LogP contribution in [-0.2, 0) is 17.9 Å². The van der Waals surface area contributed by atoms with Gasteiger partial charge >= 0.3 is 5.97 Å². The second-order valence-electron chi connectivity index (χ2n) is 6.05. The molecule has 1 aromatic heterocycles. The Morgan fingerprint density at radius 1 is 1.35 bits per heavy atom. The summed E-state index contributed by atoms with van der Waals surface area (Å²) in [5, 5.41) is 19.0. The van der Waals surface area contributed by atoms with Crippen LogP contribution in [0.3, 0.4) is 0 Å². The predicted octanol–water partition coefficient (Wildman–Crippen LogP) is 1.34. The van der Waals surface area contributed by atoms with Gasteiger partial charge in [0, 0.05) is 6.07 Å². The van der Waals surface area contributed by atoms with E-state index in [0.29, 0.717) is 35.3 Å². The summed E-state index contributed by atoms with van der Waals surface area (Å²) in [7, 11) is 1.54. The number of methoxy groups -OCH3 is 1. The highest BCUT2D eigenvalue weighted by molar-refractivity contribution is 5.97. The number of hydrogen-bond acceptors (Lipinski definition) is 6. The normalized spacial score (nSPS) is 10.6. The number of carbonyl (C=O) groups is 2. The molecule has 9 nitrogen and oxygen atoms in total. The maximum absolute atomic E-state index is 12.5. The molecular weight excluding hydrogens is 340 g/mol. The number of rotatable bonds is 9. The largest absolute Gasteiger partial charge is 0.497 e. The molecule has 0 radical (unpaired) electrons. The molecule has 0 bridgehead atoms. The van der Waals surface area contributed by atoms with E-state index in [2.05, 4.69) is 15.6 Å². The highest BCUT2D eigenvalue weighted by atomic mass is 16.5. The van der Waals surface area contributed by atoms with E-state index in [1.165, 1.54) is 10.9 Å². The molecule has 0 aliphatic carbocycles. The van der Waals surface area contributed by atoms with Gasteiger partial charge in [0.25, 0.3) is 5.91 Å². The van der Waals surface area contributed by atoms with Crippen LogP contribution in [-0.4, -0.2) is 45.7 Å². The molecule has 2 aromatic rings. The molecule has 0 fully saturated rings. The fraction of sp³-hybridized carbons (Fsp3) is 0.412. The number of carboxylic acids is 1. The first-order valence-electron chi connectivity index (χ1n) is 8.09. The molecular formula is C17H22N4O5. The number of carboxylic acid groups (broad SMARTS) is 1. The van der Waals surface area contributed by atoms with Crippen molar-refractivity contribution in [2.75, 3.05) is 13.7 Å². The Morgan fingerprint density at radius 2 is 2.12 bits per heavy atom. The Hall–Kier alpha value is -3.10. The standard InChI is InChI=1S/C17H22N4O5/c1-11(2)10-26-15-6-13(25-3)4-5-14(15)17(24)18-7-12-8-21(20-19-12)9-16(22)23/h4-6,8,11H,7,9-10H2,1-3H3,(H,18,24)(H,22,23). The second kappa shape index (κ2) is 8.84. The Labute approximate surface area is 150 Å². The second-order valence-corrected chi connectivity index (χ2v) is 6.05. The first-order valence-corrected chi connectivity index (χ1v) is 8.09. The summed E-state index contributed by atoms with van der Waals surface area (Å²) in [5.41, 5.74) is 0.835. The van der Waals surface area contributed by atoms with Gasteiger partial charge in [-0.2, -0.15) is 0 Å². The number of hydrogen-bond donors (Lipinski definition) is 2. The molecule has 9 heteroatoms. The number of nitrogens with one attached hydrogen (secondary N) is 1. The molecule has 0 atom stereocenters.